The van der Waals surface area contributed by atoms with Crippen molar-refractivity contribution < 1.29 is 9.18 Å². The molecule has 0 heterocycles. The Hall–Kier alpha value is -2.36. The highest BCUT2D eigenvalue weighted by molar-refractivity contribution is 5.95. The Kier molecular flexibility index (Phi) is 4.93. The largest absolute Gasteiger partial charge is 0.396 e. The summed E-state index contributed by atoms with van der Waals surface area (Å²) in [6, 6.07) is 14.1. The van der Waals surface area contributed by atoms with E-state index in [-0.39, 0.29) is 11.6 Å². The Morgan fingerprint density at radius 3 is 2.52 bits per heavy atom. The smallest absolute Gasteiger partial charge is 0.253 e. The van der Waals surface area contributed by atoms with E-state index in [2.05, 4.69) is 0 Å². The summed E-state index contributed by atoms with van der Waals surface area (Å²) in [6.07, 6.45) is 0.789. The molecule has 0 fully saturated rings. The maximum absolute atomic E-state index is 13.2. The van der Waals surface area contributed by atoms with Crippen molar-refractivity contribution in [2.75, 3.05) is 18.8 Å². The number of nitrogen functional groups attached to an aromatic ring is 1. The van der Waals surface area contributed by atoms with Crippen LogP contribution in [0.2, 0.25) is 0 Å². The highest BCUT2D eigenvalue weighted by atomic mass is 19.1. The van der Waals surface area contributed by atoms with E-state index >= 15 is 0 Å². The molecule has 2 aromatic rings. The van der Waals surface area contributed by atoms with Crippen LogP contribution in [0.15, 0.2) is 48.5 Å². The van der Waals surface area contributed by atoms with Crippen LogP contribution in [0.4, 0.5) is 10.1 Å². The van der Waals surface area contributed by atoms with Crippen LogP contribution < -0.4 is 5.73 Å². The van der Waals surface area contributed by atoms with E-state index in [0.717, 1.165) is 6.42 Å². The second kappa shape index (κ2) is 6.88. The monoisotopic (exact) mass is 286 g/mol. The topological polar surface area (TPSA) is 46.3 Å². The SMILES string of the molecule is CCN(CCc1ccccc1)C(=O)c1ccc(F)c(N)c1. The first-order chi connectivity index (χ1) is 10.1. The van der Waals surface area contributed by atoms with E-state index in [4.69, 9.17) is 5.73 Å². The van der Waals surface area contributed by atoms with Crippen LogP contribution in [-0.2, 0) is 6.42 Å². The molecule has 110 valence electrons. The van der Waals surface area contributed by atoms with E-state index in [1.54, 1.807) is 4.90 Å². The van der Waals surface area contributed by atoms with Crippen molar-refractivity contribution in [3.05, 3.63) is 65.5 Å². The van der Waals surface area contributed by atoms with Gasteiger partial charge in [-0.2, -0.15) is 0 Å². The van der Waals surface area contributed by atoms with Gasteiger partial charge in [0.1, 0.15) is 5.82 Å². The normalized spacial score (nSPS) is 10.4. The van der Waals surface area contributed by atoms with Crippen molar-refractivity contribution in [2.45, 2.75) is 13.3 Å². The molecular weight excluding hydrogens is 267 g/mol. The van der Waals surface area contributed by atoms with E-state index in [1.807, 2.05) is 37.3 Å². The number of carbonyl (C=O) groups excluding carboxylic acids is 1. The molecule has 1 amide bonds. The lowest BCUT2D eigenvalue weighted by molar-refractivity contribution is 0.0766. The fourth-order valence-corrected chi connectivity index (χ4v) is 2.17. The fourth-order valence-electron chi connectivity index (χ4n) is 2.17. The summed E-state index contributed by atoms with van der Waals surface area (Å²) >= 11 is 0. The number of likely N-dealkylation sites (N-methyl/N-ethyl adjacent to an activating group) is 1. The highest BCUT2D eigenvalue weighted by Gasteiger charge is 2.15. The molecule has 2 aromatic carbocycles. The number of carbonyl (C=O) groups is 1. The van der Waals surface area contributed by atoms with E-state index in [0.29, 0.717) is 18.7 Å². The molecule has 0 aliphatic heterocycles. The molecular formula is C17H19FN2O. The lowest BCUT2D eigenvalue weighted by atomic mass is 10.1. The number of nitrogens with zero attached hydrogens (tertiary/aromatic N) is 1. The highest BCUT2D eigenvalue weighted by Crippen LogP contribution is 2.14. The quantitative estimate of drug-likeness (QED) is 0.858. The summed E-state index contributed by atoms with van der Waals surface area (Å²) in [5, 5.41) is 0. The number of anilines is 1. The van der Waals surface area contributed by atoms with Gasteiger partial charge in [0.2, 0.25) is 0 Å². The number of benzene rings is 2. The minimum absolute atomic E-state index is 0.0000348. The molecule has 0 unspecified atom stereocenters. The van der Waals surface area contributed by atoms with Gasteiger partial charge in [-0.25, -0.2) is 4.39 Å². The van der Waals surface area contributed by atoms with Gasteiger partial charge in [-0.05, 0) is 37.1 Å². The molecule has 0 aliphatic carbocycles. The van der Waals surface area contributed by atoms with Crippen molar-refractivity contribution in [1.29, 1.82) is 0 Å². The Labute approximate surface area is 124 Å². The summed E-state index contributed by atoms with van der Waals surface area (Å²) in [7, 11) is 0. The van der Waals surface area contributed by atoms with Crippen LogP contribution in [0.5, 0.6) is 0 Å². The number of rotatable bonds is 5. The Morgan fingerprint density at radius 2 is 1.90 bits per heavy atom. The van der Waals surface area contributed by atoms with Crippen molar-refractivity contribution in [3.63, 3.8) is 0 Å². The minimum Gasteiger partial charge on any atom is -0.396 e. The molecule has 4 heteroatoms. The Bertz CT molecular complexity index is 613. The van der Waals surface area contributed by atoms with Crippen LogP contribution in [0.25, 0.3) is 0 Å². The molecule has 0 saturated carbocycles. The zero-order chi connectivity index (χ0) is 15.2. The van der Waals surface area contributed by atoms with Gasteiger partial charge in [0.15, 0.2) is 0 Å². The van der Waals surface area contributed by atoms with E-state index in [1.165, 1.54) is 23.8 Å². The minimum atomic E-state index is -0.501. The molecule has 0 saturated heterocycles. The molecule has 0 spiro atoms. The van der Waals surface area contributed by atoms with Crippen LogP contribution >= 0.6 is 0 Å². The number of hydrogen-bond donors (Lipinski definition) is 1. The van der Waals surface area contributed by atoms with Gasteiger partial charge in [-0.3, -0.25) is 4.79 Å². The predicted molar refractivity (Wildman–Crippen MR) is 82.5 cm³/mol. The van der Waals surface area contributed by atoms with Gasteiger partial charge < -0.3 is 10.6 Å². The van der Waals surface area contributed by atoms with Crippen LogP contribution in [0, 0.1) is 5.82 Å². The lowest BCUT2D eigenvalue weighted by Crippen LogP contribution is -2.32. The van der Waals surface area contributed by atoms with Gasteiger partial charge in [0.05, 0.1) is 5.69 Å². The molecule has 0 atom stereocenters. The molecule has 0 bridgehead atoms. The molecule has 0 radical (unpaired) electrons. The van der Waals surface area contributed by atoms with Gasteiger partial charge >= 0.3 is 0 Å². The second-order valence-electron chi connectivity index (χ2n) is 4.86. The molecule has 2 N–H and O–H groups in total. The third-order valence-electron chi connectivity index (χ3n) is 3.43. The Balaban J connectivity index is 2.06. The number of amides is 1. The maximum atomic E-state index is 13.2. The van der Waals surface area contributed by atoms with Crippen molar-refractivity contribution in [1.82, 2.24) is 4.90 Å². The molecule has 2 rings (SSSR count). The maximum Gasteiger partial charge on any atom is 0.253 e. The van der Waals surface area contributed by atoms with Gasteiger partial charge in [0, 0.05) is 18.7 Å². The summed E-state index contributed by atoms with van der Waals surface area (Å²) in [5.41, 5.74) is 7.12. The summed E-state index contributed by atoms with van der Waals surface area (Å²) in [6.45, 7) is 3.15. The summed E-state index contributed by atoms with van der Waals surface area (Å²) in [4.78, 5) is 14.1. The first-order valence-corrected chi connectivity index (χ1v) is 7.00. The number of nitrogens with two attached hydrogens (primary N) is 1. The summed E-state index contributed by atoms with van der Waals surface area (Å²) < 4.78 is 13.2. The molecule has 0 aliphatic rings. The molecule has 0 aromatic heterocycles. The van der Waals surface area contributed by atoms with E-state index < -0.39 is 5.82 Å². The van der Waals surface area contributed by atoms with Gasteiger partial charge in [-0.1, -0.05) is 30.3 Å². The fraction of sp³-hybridized carbons (Fsp3) is 0.235. The van der Waals surface area contributed by atoms with Crippen LogP contribution in [-0.4, -0.2) is 23.9 Å². The third-order valence-corrected chi connectivity index (χ3v) is 3.43. The Morgan fingerprint density at radius 1 is 1.19 bits per heavy atom. The van der Waals surface area contributed by atoms with Crippen molar-refractivity contribution >= 4 is 11.6 Å². The second-order valence-corrected chi connectivity index (χ2v) is 4.86. The van der Waals surface area contributed by atoms with Crippen molar-refractivity contribution in [3.8, 4) is 0 Å². The van der Waals surface area contributed by atoms with E-state index in [9.17, 15) is 9.18 Å². The van der Waals surface area contributed by atoms with Crippen molar-refractivity contribution in [2.24, 2.45) is 0 Å². The number of halogens is 1. The lowest BCUT2D eigenvalue weighted by Gasteiger charge is -2.21. The first kappa shape index (κ1) is 15.0. The molecule has 3 nitrogen and oxygen atoms in total. The summed E-state index contributed by atoms with van der Waals surface area (Å²) in [5.74, 6) is -0.626. The average Bonchev–Trinajstić information content (AvgIpc) is 2.51. The molecule has 21 heavy (non-hydrogen) atoms. The van der Waals surface area contributed by atoms with Gasteiger partial charge in [-0.15, -0.1) is 0 Å². The standard InChI is InChI=1S/C17H19FN2O/c1-2-20(11-10-13-6-4-3-5-7-13)17(21)14-8-9-15(18)16(19)12-14/h3-9,12H,2,10-11,19H2,1H3. The zero-order valence-electron chi connectivity index (χ0n) is 12.1. The van der Waals surface area contributed by atoms with Crippen LogP contribution in [0.1, 0.15) is 22.8 Å². The predicted octanol–water partition coefficient (Wildman–Crippen LogP) is 3.11. The number of hydrogen-bond acceptors (Lipinski definition) is 2. The van der Waals surface area contributed by atoms with Gasteiger partial charge in [0.25, 0.3) is 5.91 Å². The average molecular weight is 286 g/mol. The zero-order valence-corrected chi connectivity index (χ0v) is 12.1. The third kappa shape index (κ3) is 3.81. The van der Waals surface area contributed by atoms with Crippen LogP contribution in [0.3, 0.4) is 0 Å². The first-order valence-electron chi connectivity index (χ1n) is 7.00.